The fraction of sp³-hybridized carbons (Fsp3) is 0.200. The molecule has 5 aromatic rings. The van der Waals surface area contributed by atoms with Crippen LogP contribution >= 0.6 is 27.3 Å². The van der Waals surface area contributed by atoms with Gasteiger partial charge < -0.3 is 10.1 Å². The van der Waals surface area contributed by atoms with Crippen molar-refractivity contribution in [2.45, 2.75) is 26.8 Å². The molecule has 0 fully saturated rings. The van der Waals surface area contributed by atoms with Gasteiger partial charge in [-0.05, 0) is 51.4 Å². The first-order valence-corrected chi connectivity index (χ1v) is 11.2. The number of fused-ring (bicyclic) bond motifs is 3. The maximum absolute atomic E-state index is 11.0. The van der Waals surface area contributed by atoms with Crippen molar-refractivity contribution in [3.8, 4) is 11.4 Å². The standard InChI is InChI=1S/C20H16BrN7O2S/c1-3-14-11(2)31-20-16(14)19-23-17(24-27(19)10-22-20)13-6-4-5-12(7-13)8-26-9-15(21)18(25-26)28(29)30/h4-7,9-10H,3,8H2,1-2H3. The minimum Gasteiger partial charge on any atom is -0.358 e. The maximum Gasteiger partial charge on any atom is 0.404 e. The van der Waals surface area contributed by atoms with Gasteiger partial charge in [0.25, 0.3) is 0 Å². The quantitative estimate of drug-likeness (QED) is 0.255. The van der Waals surface area contributed by atoms with E-state index in [-0.39, 0.29) is 5.82 Å². The summed E-state index contributed by atoms with van der Waals surface area (Å²) in [5.74, 6) is 0.405. The Labute approximate surface area is 188 Å². The van der Waals surface area contributed by atoms with Crippen LogP contribution in [0.15, 0.2) is 41.3 Å². The lowest BCUT2D eigenvalue weighted by Gasteiger charge is -2.01. The summed E-state index contributed by atoms with van der Waals surface area (Å²) in [6.45, 7) is 4.64. The summed E-state index contributed by atoms with van der Waals surface area (Å²) in [5, 5.41) is 20.8. The topological polar surface area (TPSA) is 104 Å². The van der Waals surface area contributed by atoms with E-state index in [1.807, 2.05) is 24.3 Å². The van der Waals surface area contributed by atoms with Crippen LogP contribution in [0.25, 0.3) is 27.3 Å². The molecule has 0 atom stereocenters. The minimum absolute atomic E-state index is 0.201. The van der Waals surface area contributed by atoms with Crippen molar-refractivity contribution in [2.75, 3.05) is 0 Å². The molecule has 31 heavy (non-hydrogen) atoms. The monoisotopic (exact) mass is 497 g/mol. The van der Waals surface area contributed by atoms with Crippen LogP contribution in [0.2, 0.25) is 0 Å². The number of nitro groups is 1. The summed E-state index contributed by atoms with van der Waals surface area (Å²) in [7, 11) is 0. The second kappa shape index (κ2) is 7.50. The third kappa shape index (κ3) is 3.39. The van der Waals surface area contributed by atoms with E-state index in [2.05, 4.69) is 45.0 Å². The van der Waals surface area contributed by atoms with E-state index in [9.17, 15) is 10.1 Å². The number of rotatable bonds is 5. The number of nitrogens with zero attached hydrogens (tertiary/aromatic N) is 7. The number of hydrogen-bond acceptors (Lipinski definition) is 7. The van der Waals surface area contributed by atoms with E-state index in [0.717, 1.165) is 33.4 Å². The van der Waals surface area contributed by atoms with E-state index in [1.54, 1.807) is 28.4 Å². The van der Waals surface area contributed by atoms with Crippen LogP contribution in [0, 0.1) is 17.0 Å². The number of thiophene rings is 1. The zero-order valence-electron chi connectivity index (χ0n) is 16.6. The lowest BCUT2D eigenvalue weighted by Crippen LogP contribution is -2.01. The first-order valence-electron chi connectivity index (χ1n) is 9.54. The minimum atomic E-state index is -0.511. The van der Waals surface area contributed by atoms with Gasteiger partial charge in [-0.3, -0.25) is 0 Å². The predicted octanol–water partition coefficient (Wildman–Crippen LogP) is 4.79. The van der Waals surface area contributed by atoms with Crippen LogP contribution in [-0.2, 0) is 13.0 Å². The predicted molar refractivity (Wildman–Crippen MR) is 121 cm³/mol. The molecule has 0 aliphatic carbocycles. The maximum atomic E-state index is 11.0. The molecule has 0 saturated heterocycles. The van der Waals surface area contributed by atoms with Crippen molar-refractivity contribution < 1.29 is 4.92 Å². The Hall–Kier alpha value is -3.18. The Kier molecular flexibility index (Phi) is 4.78. The van der Waals surface area contributed by atoms with Crippen LogP contribution in [-0.4, -0.2) is 34.3 Å². The van der Waals surface area contributed by atoms with Gasteiger partial charge in [-0.1, -0.05) is 25.1 Å². The van der Waals surface area contributed by atoms with Gasteiger partial charge in [0.2, 0.25) is 0 Å². The lowest BCUT2D eigenvalue weighted by molar-refractivity contribution is -0.390. The SMILES string of the molecule is CCc1c(C)sc2ncn3nc(-c4cccc(Cn5cc(Br)c([N+](=O)[O-])n5)c4)nc3c12. The molecule has 0 saturated carbocycles. The number of hydrogen-bond donors (Lipinski definition) is 0. The van der Waals surface area contributed by atoms with Gasteiger partial charge in [0, 0.05) is 10.4 Å². The van der Waals surface area contributed by atoms with E-state index in [4.69, 9.17) is 4.98 Å². The molecule has 4 heterocycles. The molecule has 9 nitrogen and oxygen atoms in total. The van der Waals surface area contributed by atoms with Crippen LogP contribution in [0.4, 0.5) is 5.82 Å². The molecule has 11 heteroatoms. The highest BCUT2D eigenvalue weighted by molar-refractivity contribution is 9.10. The molecule has 0 N–H and O–H groups in total. The smallest absolute Gasteiger partial charge is 0.358 e. The Morgan fingerprint density at radius 2 is 2.13 bits per heavy atom. The van der Waals surface area contributed by atoms with E-state index in [0.29, 0.717) is 16.8 Å². The molecule has 0 amide bonds. The average Bonchev–Trinajstić information content (AvgIpc) is 3.41. The van der Waals surface area contributed by atoms with Crippen molar-refractivity contribution in [1.29, 1.82) is 0 Å². The summed E-state index contributed by atoms with van der Waals surface area (Å²) in [6.07, 6.45) is 4.21. The zero-order valence-corrected chi connectivity index (χ0v) is 19.0. The number of benzene rings is 1. The van der Waals surface area contributed by atoms with Crippen molar-refractivity contribution in [2.24, 2.45) is 0 Å². The summed E-state index contributed by atoms with van der Waals surface area (Å²) in [5.41, 5.74) is 3.86. The molecule has 0 aliphatic rings. The van der Waals surface area contributed by atoms with E-state index in [1.165, 1.54) is 15.1 Å². The Balaban J connectivity index is 1.54. The Morgan fingerprint density at radius 3 is 2.87 bits per heavy atom. The average molecular weight is 498 g/mol. The second-order valence-electron chi connectivity index (χ2n) is 7.07. The third-order valence-corrected chi connectivity index (χ3v) is 6.70. The first kappa shape index (κ1) is 19.8. The van der Waals surface area contributed by atoms with Crippen LogP contribution in [0.5, 0.6) is 0 Å². The molecule has 4 aromatic heterocycles. The molecule has 156 valence electrons. The van der Waals surface area contributed by atoms with E-state index < -0.39 is 4.92 Å². The summed E-state index contributed by atoms with van der Waals surface area (Å²) >= 11 is 4.86. The van der Waals surface area contributed by atoms with Crippen LogP contribution in [0.1, 0.15) is 22.9 Å². The number of halogens is 1. The van der Waals surface area contributed by atoms with Gasteiger partial charge >= 0.3 is 5.82 Å². The first-order chi connectivity index (χ1) is 14.9. The summed E-state index contributed by atoms with van der Waals surface area (Å²) < 4.78 is 3.61. The van der Waals surface area contributed by atoms with Crippen molar-refractivity contribution in [3.05, 3.63) is 67.4 Å². The molecule has 0 radical (unpaired) electrons. The molecule has 0 spiro atoms. The lowest BCUT2D eigenvalue weighted by atomic mass is 10.1. The van der Waals surface area contributed by atoms with Gasteiger partial charge in [-0.15, -0.1) is 16.4 Å². The fourth-order valence-electron chi connectivity index (χ4n) is 3.70. The number of aryl methyl sites for hydroxylation is 2. The molecule has 0 unspecified atom stereocenters. The van der Waals surface area contributed by atoms with Gasteiger partial charge in [0.15, 0.2) is 11.5 Å². The molecule has 1 aromatic carbocycles. The van der Waals surface area contributed by atoms with Gasteiger partial charge in [0.05, 0.1) is 23.2 Å². The molecule has 5 rings (SSSR count). The Morgan fingerprint density at radius 1 is 1.29 bits per heavy atom. The zero-order chi connectivity index (χ0) is 21.7. The van der Waals surface area contributed by atoms with E-state index >= 15 is 0 Å². The molecule has 0 bridgehead atoms. The second-order valence-corrected chi connectivity index (χ2v) is 9.13. The molecular weight excluding hydrogens is 482 g/mol. The Bertz CT molecular complexity index is 1470. The van der Waals surface area contributed by atoms with Gasteiger partial charge in [-0.2, -0.15) is 4.68 Å². The van der Waals surface area contributed by atoms with Crippen molar-refractivity contribution >= 4 is 48.9 Å². The summed E-state index contributed by atoms with van der Waals surface area (Å²) in [4.78, 5) is 22.1. The molecule has 0 aliphatic heterocycles. The highest BCUT2D eigenvalue weighted by Crippen LogP contribution is 2.33. The van der Waals surface area contributed by atoms with Gasteiger partial charge in [0.1, 0.15) is 15.6 Å². The summed E-state index contributed by atoms with van der Waals surface area (Å²) in [6, 6.07) is 7.78. The highest BCUT2D eigenvalue weighted by atomic mass is 79.9. The van der Waals surface area contributed by atoms with Crippen LogP contribution < -0.4 is 0 Å². The highest BCUT2D eigenvalue weighted by Gasteiger charge is 2.19. The third-order valence-electron chi connectivity index (χ3n) is 5.09. The van der Waals surface area contributed by atoms with Crippen molar-refractivity contribution in [3.63, 3.8) is 0 Å². The fourth-order valence-corrected chi connectivity index (χ4v) is 5.24. The number of aromatic nitrogens is 6. The largest absolute Gasteiger partial charge is 0.404 e. The van der Waals surface area contributed by atoms with Gasteiger partial charge in [-0.25, -0.2) is 14.5 Å². The molecular formula is C20H16BrN7O2S. The van der Waals surface area contributed by atoms with Crippen molar-refractivity contribution in [1.82, 2.24) is 29.4 Å². The normalized spacial score (nSPS) is 11.6. The van der Waals surface area contributed by atoms with Crippen LogP contribution in [0.3, 0.4) is 0 Å².